The summed E-state index contributed by atoms with van der Waals surface area (Å²) in [5.41, 5.74) is 0. The molecule has 0 aliphatic heterocycles. The molecule has 0 atom stereocenters. The molecular formula is O2Zr3+8. The second-order valence-electron chi connectivity index (χ2n) is 0. The summed E-state index contributed by atoms with van der Waals surface area (Å²) in [6.45, 7) is 0. The zero-order valence-electron chi connectivity index (χ0n) is 2.32. The number of hydrogen-bond donors (Lipinski definition) is 0. The van der Waals surface area contributed by atoms with Gasteiger partial charge in [0.15, 0.2) is 0 Å². The van der Waals surface area contributed by atoms with E-state index in [0.29, 0.717) is 0 Å². The van der Waals surface area contributed by atoms with Crippen molar-refractivity contribution in [3.8, 4) is 0 Å². The van der Waals surface area contributed by atoms with Crippen LogP contribution in [0.4, 0.5) is 0 Å². The van der Waals surface area contributed by atoms with Gasteiger partial charge in [-0.2, -0.15) is 0 Å². The Hall–Kier alpha value is 2.57. The van der Waals surface area contributed by atoms with Crippen LogP contribution < -0.4 is 0 Å². The van der Waals surface area contributed by atoms with Crippen molar-refractivity contribution in [2.75, 3.05) is 0 Å². The second-order valence-corrected chi connectivity index (χ2v) is 0. The maximum atomic E-state index is 0. The summed E-state index contributed by atoms with van der Waals surface area (Å²) in [6.07, 6.45) is 0. The van der Waals surface area contributed by atoms with E-state index < -0.39 is 0 Å². The standard InChI is InChI=1S/2O.3Zr/q2*-2;3*+4. The summed E-state index contributed by atoms with van der Waals surface area (Å²) in [7, 11) is 0. The average Bonchev–Trinajstić information content (AvgIpc) is 0. The van der Waals surface area contributed by atoms with Crippen LogP contribution in [0.25, 0.3) is 0 Å². The molecule has 0 bridgehead atoms. The van der Waals surface area contributed by atoms with Crippen LogP contribution in [-0.4, -0.2) is 0 Å². The van der Waals surface area contributed by atoms with E-state index in [2.05, 4.69) is 0 Å². The van der Waals surface area contributed by atoms with Gasteiger partial charge in [0, 0.05) is 0 Å². The first-order valence-electron chi connectivity index (χ1n) is 0. The van der Waals surface area contributed by atoms with Gasteiger partial charge in [-0.3, -0.25) is 0 Å². The summed E-state index contributed by atoms with van der Waals surface area (Å²) in [4.78, 5) is 0. The van der Waals surface area contributed by atoms with Crippen LogP contribution in [0.5, 0.6) is 0 Å². The molecule has 0 spiro atoms. The fraction of sp³-hybridized carbons (Fsp3) is 0. The van der Waals surface area contributed by atoms with Gasteiger partial charge in [0.05, 0.1) is 0 Å². The quantitative estimate of drug-likeness (QED) is 0.593. The molecule has 0 fully saturated rings. The number of rotatable bonds is 0. The van der Waals surface area contributed by atoms with E-state index in [1.54, 1.807) is 0 Å². The van der Waals surface area contributed by atoms with Gasteiger partial charge in [-0.15, -0.1) is 0 Å². The first kappa shape index (κ1) is 49.5. The monoisotopic (exact) mass is 302 g/mol. The molecule has 0 aliphatic carbocycles. The minimum atomic E-state index is 0. The molecular weight excluding hydrogens is 306 g/mol. The molecule has 0 rings (SSSR count). The van der Waals surface area contributed by atoms with Crippen LogP contribution in [0.3, 0.4) is 0 Å². The van der Waals surface area contributed by atoms with Crippen molar-refractivity contribution in [1.29, 1.82) is 0 Å². The average molecular weight is 306 g/mol. The second kappa shape index (κ2) is 30.9. The third-order valence-electron chi connectivity index (χ3n) is 0. The largest absolute Gasteiger partial charge is 4.00 e. The molecule has 0 aliphatic rings. The van der Waals surface area contributed by atoms with Crippen molar-refractivity contribution < 1.29 is 89.6 Å². The first-order valence-corrected chi connectivity index (χ1v) is 0. The molecule has 5 heavy (non-hydrogen) atoms. The fourth-order valence-electron chi connectivity index (χ4n) is 0. The smallest absolute Gasteiger partial charge is 2.00 e. The van der Waals surface area contributed by atoms with E-state index in [1.807, 2.05) is 0 Å². The van der Waals surface area contributed by atoms with Crippen LogP contribution in [0.15, 0.2) is 0 Å². The Labute approximate surface area is 88.1 Å². The van der Waals surface area contributed by atoms with Gasteiger partial charge in [-0.25, -0.2) is 0 Å². The molecule has 16 valence electrons. The Morgan fingerprint density at radius 2 is 0.400 bits per heavy atom. The van der Waals surface area contributed by atoms with E-state index in [9.17, 15) is 0 Å². The van der Waals surface area contributed by atoms with Crippen LogP contribution in [0, 0.1) is 0 Å². The molecule has 0 aromatic rings. The molecule has 0 saturated heterocycles. The predicted molar refractivity (Wildman–Crippen MR) is 1.37 cm³/mol. The molecule has 0 unspecified atom stereocenters. The van der Waals surface area contributed by atoms with E-state index in [-0.39, 0.29) is 89.6 Å². The van der Waals surface area contributed by atoms with Crippen LogP contribution in [-0.2, 0) is 89.6 Å². The Bertz CT molecular complexity index is 4.85. The molecule has 0 heterocycles. The van der Waals surface area contributed by atoms with Gasteiger partial charge >= 0.3 is 78.6 Å². The zero-order valence-corrected chi connectivity index (χ0v) is 9.69. The van der Waals surface area contributed by atoms with Gasteiger partial charge in [-0.1, -0.05) is 0 Å². The molecule has 5 heteroatoms. The fourth-order valence-corrected chi connectivity index (χ4v) is 0. The third kappa shape index (κ3) is 20.8. The Morgan fingerprint density at radius 3 is 0.400 bits per heavy atom. The Balaban J connectivity index is 0. The van der Waals surface area contributed by atoms with Gasteiger partial charge in [-0.05, 0) is 0 Å². The number of hydrogen-bond acceptors (Lipinski definition) is 0. The molecule has 0 N–H and O–H groups in total. The summed E-state index contributed by atoms with van der Waals surface area (Å²) >= 11 is 0. The maximum Gasteiger partial charge on any atom is 4.00 e. The van der Waals surface area contributed by atoms with Crippen molar-refractivity contribution in [2.45, 2.75) is 0 Å². The molecule has 0 radical (unpaired) electrons. The van der Waals surface area contributed by atoms with Gasteiger partial charge < -0.3 is 11.0 Å². The Kier molecular flexibility index (Phi) is 305. The van der Waals surface area contributed by atoms with E-state index >= 15 is 0 Å². The van der Waals surface area contributed by atoms with Crippen LogP contribution in [0.1, 0.15) is 0 Å². The predicted octanol–water partition coefficient (Wildman–Crippen LogP) is -0.245. The van der Waals surface area contributed by atoms with Crippen molar-refractivity contribution >= 4 is 0 Å². The summed E-state index contributed by atoms with van der Waals surface area (Å²) < 4.78 is 0. The first-order chi connectivity index (χ1) is 0. The van der Waals surface area contributed by atoms with Crippen molar-refractivity contribution in [2.24, 2.45) is 0 Å². The SMILES string of the molecule is [O-2].[O-2].[Zr+4].[Zr+4].[Zr+4]. The molecule has 0 amide bonds. The Morgan fingerprint density at radius 1 is 0.400 bits per heavy atom. The van der Waals surface area contributed by atoms with E-state index in [1.165, 1.54) is 0 Å². The summed E-state index contributed by atoms with van der Waals surface area (Å²) in [5.74, 6) is 0. The summed E-state index contributed by atoms with van der Waals surface area (Å²) in [5, 5.41) is 0. The van der Waals surface area contributed by atoms with E-state index in [0.717, 1.165) is 0 Å². The van der Waals surface area contributed by atoms with Gasteiger partial charge in [0.25, 0.3) is 0 Å². The van der Waals surface area contributed by atoms with Crippen LogP contribution in [0.2, 0.25) is 0 Å². The molecule has 0 aromatic carbocycles. The minimum Gasteiger partial charge on any atom is -2.00 e. The third-order valence-corrected chi connectivity index (χ3v) is 0. The maximum absolute atomic E-state index is 0. The summed E-state index contributed by atoms with van der Waals surface area (Å²) in [6, 6.07) is 0. The van der Waals surface area contributed by atoms with Crippen LogP contribution >= 0.6 is 0 Å². The van der Waals surface area contributed by atoms with Gasteiger partial charge in [0.2, 0.25) is 0 Å². The molecule has 0 saturated carbocycles. The van der Waals surface area contributed by atoms with Gasteiger partial charge in [0.1, 0.15) is 0 Å². The van der Waals surface area contributed by atoms with Crippen molar-refractivity contribution in [3.05, 3.63) is 0 Å². The van der Waals surface area contributed by atoms with E-state index in [4.69, 9.17) is 0 Å². The van der Waals surface area contributed by atoms with Crippen molar-refractivity contribution in [1.82, 2.24) is 0 Å². The van der Waals surface area contributed by atoms with Crippen molar-refractivity contribution in [3.63, 3.8) is 0 Å². The topological polar surface area (TPSA) is 57.0 Å². The minimum absolute atomic E-state index is 0. The normalized spacial score (nSPS) is 0. The zero-order chi connectivity index (χ0) is 0. The molecule has 2 nitrogen and oxygen atoms in total. The molecule has 0 aromatic heterocycles.